The van der Waals surface area contributed by atoms with E-state index >= 15 is 0 Å². The molecule has 1 amide bonds. The molecule has 8 heteroatoms. The lowest BCUT2D eigenvalue weighted by Gasteiger charge is -2.13. The van der Waals surface area contributed by atoms with Gasteiger partial charge in [0, 0.05) is 29.4 Å². The second kappa shape index (κ2) is 8.64. The van der Waals surface area contributed by atoms with Gasteiger partial charge in [-0.3, -0.25) is 4.79 Å². The maximum atomic E-state index is 12.3. The molecule has 2 aromatic rings. The first-order valence-corrected chi connectivity index (χ1v) is 9.78. The van der Waals surface area contributed by atoms with Gasteiger partial charge in [-0.2, -0.15) is 0 Å². The molecule has 0 spiro atoms. The minimum atomic E-state index is -3.67. The Morgan fingerprint density at radius 1 is 1.19 bits per heavy atom. The molecule has 0 heterocycles. The number of amides is 1. The zero-order valence-corrected chi connectivity index (χ0v) is 16.3. The minimum Gasteiger partial charge on any atom is -0.383 e. The van der Waals surface area contributed by atoms with Gasteiger partial charge in [-0.1, -0.05) is 17.7 Å². The van der Waals surface area contributed by atoms with E-state index in [0.717, 1.165) is 5.56 Å². The molecule has 2 aromatic carbocycles. The average molecular weight is 397 g/mol. The first kappa shape index (κ1) is 20.4. The summed E-state index contributed by atoms with van der Waals surface area (Å²) in [6.45, 7) is 3.84. The van der Waals surface area contributed by atoms with Gasteiger partial charge in [-0.25, -0.2) is 13.1 Å². The van der Waals surface area contributed by atoms with E-state index in [0.29, 0.717) is 16.3 Å². The molecular formula is C18H21ClN2O4S. The van der Waals surface area contributed by atoms with Gasteiger partial charge in [0.05, 0.1) is 11.5 Å². The van der Waals surface area contributed by atoms with Crippen LogP contribution >= 0.6 is 11.6 Å². The van der Waals surface area contributed by atoms with E-state index in [4.69, 9.17) is 16.3 Å². The van der Waals surface area contributed by atoms with E-state index in [1.165, 1.54) is 31.4 Å². The Bertz CT molecular complexity index is 883. The molecule has 1 atom stereocenters. The van der Waals surface area contributed by atoms with Crippen LogP contribution in [0.1, 0.15) is 22.8 Å². The molecular weight excluding hydrogens is 376 g/mol. The molecule has 0 unspecified atom stereocenters. The number of hydrogen-bond acceptors (Lipinski definition) is 4. The maximum absolute atomic E-state index is 12.3. The lowest BCUT2D eigenvalue weighted by Crippen LogP contribution is -2.35. The van der Waals surface area contributed by atoms with Crippen molar-refractivity contribution in [2.45, 2.75) is 24.8 Å². The van der Waals surface area contributed by atoms with Crippen molar-refractivity contribution in [2.75, 3.05) is 19.0 Å². The number of ether oxygens (including phenoxy) is 1. The van der Waals surface area contributed by atoms with Crippen LogP contribution in [0.2, 0.25) is 5.02 Å². The van der Waals surface area contributed by atoms with Crippen LogP contribution < -0.4 is 10.0 Å². The number of carbonyl (C=O) groups excluding carboxylic acids is 1. The molecule has 140 valence electrons. The van der Waals surface area contributed by atoms with Crippen LogP contribution in [0.15, 0.2) is 47.4 Å². The summed E-state index contributed by atoms with van der Waals surface area (Å²) in [6.07, 6.45) is 0. The number of rotatable bonds is 7. The monoisotopic (exact) mass is 396 g/mol. The van der Waals surface area contributed by atoms with Crippen LogP contribution in [-0.2, 0) is 14.8 Å². The second-order valence-corrected chi connectivity index (χ2v) is 8.04. The number of hydrogen-bond donors (Lipinski definition) is 2. The number of carbonyl (C=O) groups is 1. The Morgan fingerprint density at radius 2 is 1.85 bits per heavy atom. The molecule has 2 N–H and O–H groups in total. The molecule has 6 nitrogen and oxygen atoms in total. The van der Waals surface area contributed by atoms with Crippen molar-refractivity contribution in [1.82, 2.24) is 4.72 Å². The van der Waals surface area contributed by atoms with Crippen molar-refractivity contribution in [3.05, 3.63) is 58.6 Å². The Hall–Kier alpha value is -1.93. The highest BCUT2D eigenvalue weighted by Gasteiger charge is 2.18. The van der Waals surface area contributed by atoms with Gasteiger partial charge >= 0.3 is 0 Å². The molecule has 0 saturated heterocycles. The van der Waals surface area contributed by atoms with Crippen molar-refractivity contribution in [2.24, 2.45) is 0 Å². The summed E-state index contributed by atoms with van der Waals surface area (Å²) >= 11 is 6.04. The second-order valence-electron chi connectivity index (χ2n) is 5.92. The van der Waals surface area contributed by atoms with Gasteiger partial charge in [0.25, 0.3) is 5.91 Å². The van der Waals surface area contributed by atoms with E-state index in [1.807, 2.05) is 6.92 Å². The molecule has 0 saturated carbocycles. The molecule has 26 heavy (non-hydrogen) atoms. The van der Waals surface area contributed by atoms with Gasteiger partial charge in [-0.15, -0.1) is 0 Å². The molecule has 0 aromatic heterocycles. The lowest BCUT2D eigenvalue weighted by atomic mass is 10.2. The summed E-state index contributed by atoms with van der Waals surface area (Å²) in [5.41, 5.74) is 1.82. The molecule has 0 aliphatic rings. The first-order valence-electron chi connectivity index (χ1n) is 7.92. The number of nitrogens with one attached hydrogen (secondary N) is 2. The van der Waals surface area contributed by atoms with Gasteiger partial charge in [0.15, 0.2) is 0 Å². The van der Waals surface area contributed by atoms with Gasteiger partial charge in [-0.05, 0) is 55.8 Å². The van der Waals surface area contributed by atoms with Crippen LogP contribution in [0.25, 0.3) is 0 Å². The third-order valence-corrected chi connectivity index (χ3v) is 5.64. The number of anilines is 1. The van der Waals surface area contributed by atoms with Crippen molar-refractivity contribution < 1.29 is 17.9 Å². The Morgan fingerprint density at radius 3 is 2.42 bits per heavy atom. The summed E-state index contributed by atoms with van der Waals surface area (Å²) in [6, 6.07) is 10.5. The summed E-state index contributed by atoms with van der Waals surface area (Å²) in [5, 5.41) is 3.28. The van der Waals surface area contributed by atoms with Crippen molar-refractivity contribution in [1.29, 1.82) is 0 Å². The number of aryl methyl sites for hydroxylation is 1. The van der Waals surface area contributed by atoms with Crippen LogP contribution in [0.4, 0.5) is 5.69 Å². The van der Waals surface area contributed by atoms with E-state index in [9.17, 15) is 13.2 Å². The fourth-order valence-corrected chi connectivity index (χ4v) is 3.69. The summed E-state index contributed by atoms with van der Waals surface area (Å²) in [7, 11) is -2.17. The smallest absolute Gasteiger partial charge is 0.255 e. The highest BCUT2D eigenvalue weighted by atomic mass is 35.5. The number of halogens is 1. The van der Waals surface area contributed by atoms with Crippen LogP contribution in [-0.4, -0.2) is 34.1 Å². The largest absolute Gasteiger partial charge is 0.383 e. The minimum absolute atomic E-state index is 0.0791. The highest BCUT2D eigenvalue weighted by Crippen LogP contribution is 2.20. The maximum Gasteiger partial charge on any atom is 0.255 e. The van der Waals surface area contributed by atoms with E-state index in [2.05, 4.69) is 10.0 Å². The van der Waals surface area contributed by atoms with Crippen LogP contribution in [0.5, 0.6) is 0 Å². The van der Waals surface area contributed by atoms with Gasteiger partial charge < -0.3 is 10.1 Å². The highest BCUT2D eigenvalue weighted by molar-refractivity contribution is 7.89. The molecule has 0 aliphatic heterocycles. The van der Waals surface area contributed by atoms with Crippen LogP contribution in [0, 0.1) is 6.92 Å². The third-order valence-electron chi connectivity index (χ3n) is 3.63. The normalized spacial score (nSPS) is 12.6. The van der Waals surface area contributed by atoms with E-state index in [1.54, 1.807) is 25.1 Å². The molecule has 0 radical (unpaired) electrons. The lowest BCUT2D eigenvalue weighted by molar-refractivity contribution is 0.102. The molecule has 2 rings (SSSR count). The average Bonchev–Trinajstić information content (AvgIpc) is 2.58. The fourth-order valence-electron chi connectivity index (χ4n) is 2.28. The summed E-state index contributed by atoms with van der Waals surface area (Å²) < 4.78 is 32.0. The fraction of sp³-hybridized carbons (Fsp3) is 0.278. The Balaban J connectivity index is 2.10. The topological polar surface area (TPSA) is 84.5 Å². The van der Waals surface area contributed by atoms with Crippen LogP contribution in [0.3, 0.4) is 0 Å². The van der Waals surface area contributed by atoms with Crippen molar-refractivity contribution in [3.8, 4) is 0 Å². The Labute approximate surface area is 158 Å². The zero-order chi connectivity index (χ0) is 19.3. The van der Waals surface area contributed by atoms with Gasteiger partial charge in [0.2, 0.25) is 10.0 Å². The van der Waals surface area contributed by atoms with E-state index in [-0.39, 0.29) is 23.5 Å². The quantitative estimate of drug-likeness (QED) is 0.752. The predicted molar refractivity (Wildman–Crippen MR) is 102 cm³/mol. The predicted octanol–water partition coefficient (Wildman–Crippen LogP) is 3.21. The molecule has 0 aliphatic carbocycles. The van der Waals surface area contributed by atoms with Crippen molar-refractivity contribution >= 4 is 33.2 Å². The first-order chi connectivity index (χ1) is 12.2. The summed E-state index contributed by atoms with van der Waals surface area (Å²) in [4.78, 5) is 12.4. The molecule has 0 bridgehead atoms. The third kappa shape index (κ3) is 5.28. The standard InChI is InChI=1S/C18H21ClN2O4S/c1-12-4-7-15(10-17(12)19)20-18(22)14-5-8-16(9-6-14)26(23,24)21-13(2)11-25-3/h4-10,13,21H,11H2,1-3H3,(H,20,22)/t13-/m1/s1. The van der Waals surface area contributed by atoms with E-state index < -0.39 is 10.0 Å². The summed E-state index contributed by atoms with van der Waals surface area (Å²) in [5.74, 6) is -0.352. The number of methoxy groups -OCH3 is 1. The number of sulfonamides is 1. The zero-order valence-electron chi connectivity index (χ0n) is 14.7. The molecule has 0 fully saturated rings. The SMILES string of the molecule is COC[C@@H](C)NS(=O)(=O)c1ccc(C(=O)Nc2ccc(C)c(Cl)c2)cc1. The van der Waals surface area contributed by atoms with Gasteiger partial charge in [0.1, 0.15) is 0 Å². The van der Waals surface area contributed by atoms with Crippen molar-refractivity contribution in [3.63, 3.8) is 0 Å². The Kier molecular flexibility index (Phi) is 6.77. The number of benzene rings is 2.